The van der Waals surface area contributed by atoms with Gasteiger partial charge in [0.2, 0.25) is 10.0 Å². The van der Waals surface area contributed by atoms with E-state index in [1.807, 2.05) is 49.4 Å². The lowest BCUT2D eigenvalue weighted by Crippen LogP contribution is -2.28. The Balaban J connectivity index is 1.88. The second kappa shape index (κ2) is 6.93. The van der Waals surface area contributed by atoms with Crippen molar-refractivity contribution in [3.05, 3.63) is 66.0 Å². The maximum atomic E-state index is 12.7. The largest absolute Gasteiger partial charge is 0.345 e. The standard InChI is InChI=1S/C19H21N3O3S/c1-13(16-10-6-8-14-7-4-5-9-17(14)16)21-19(23)18-11-15(12-22(18)3)26(24,25)20-2/h4-13,20H,1-3H3,(H,21,23). The molecule has 2 aromatic carbocycles. The number of nitrogens with zero attached hydrogens (tertiary/aromatic N) is 1. The number of aromatic nitrogens is 1. The van der Waals surface area contributed by atoms with E-state index in [1.54, 1.807) is 7.05 Å². The van der Waals surface area contributed by atoms with Crippen LogP contribution in [-0.4, -0.2) is 25.9 Å². The third kappa shape index (κ3) is 3.36. The summed E-state index contributed by atoms with van der Waals surface area (Å²) in [4.78, 5) is 12.7. The Morgan fingerprint density at radius 1 is 1.12 bits per heavy atom. The summed E-state index contributed by atoms with van der Waals surface area (Å²) in [6, 6.07) is 15.1. The highest BCUT2D eigenvalue weighted by molar-refractivity contribution is 7.89. The van der Waals surface area contributed by atoms with Gasteiger partial charge in [0.15, 0.2) is 0 Å². The fourth-order valence-electron chi connectivity index (χ4n) is 3.00. The molecule has 1 amide bonds. The minimum atomic E-state index is -3.59. The lowest BCUT2D eigenvalue weighted by molar-refractivity contribution is 0.0932. The normalized spacial score (nSPS) is 12.9. The molecule has 0 fully saturated rings. The molecule has 1 aromatic heterocycles. The number of benzene rings is 2. The third-order valence-corrected chi connectivity index (χ3v) is 5.81. The zero-order chi connectivity index (χ0) is 18.9. The van der Waals surface area contributed by atoms with Crippen molar-refractivity contribution in [2.24, 2.45) is 7.05 Å². The summed E-state index contributed by atoms with van der Waals surface area (Å²) < 4.78 is 27.6. The second-order valence-corrected chi connectivity index (χ2v) is 8.03. The molecule has 0 aliphatic carbocycles. The molecule has 1 heterocycles. The number of rotatable bonds is 5. The molecule has 136 valence electrons. The number of amides is 1. The van der Waals surface area contributed by atoms with Gasteiger partial charge in [0.05, 0.1) is 6.04 Å². The number of carbonyl (C=O) groups excluding carboxylic acids is 1. The maximum Gasteiger partial charge on any atom is 0.268 e. The molecule has 0 saturated heterocycles. The summed E-state index contributed by atoms with van der Waals surface area (Å²) in [6.45, 7) is 1.91. The van der Waals surface area contributed by atoms with Crippen LogP contribution in [0.5, 0.6) is 0 Å². The van der Waals surface area contributed by atoms with Crippen LogP contribution in [0.2, 0.25) is 0 Å². The first-order chi connectivity index (χ1) is 12.3. The minimum absolute atomic E-state index is 0.0606. The lowest BCUT2D eigenvalue weighted by atomic mass is 9.99. The Labute approximate surface area is 152 Å². The predicted molar refractivity (Wildman–Crippen MR) is 101 cm³/mol. The van der Waals surface area contributed by atoms with Gasteiger partial charge in [-0.1, -0.05) is 42.5 Å². The van der Waals surface area contributed by atoms with E-state index in [-0.39, 0.29) is 22.5 Å². The van der Waals surface area contributed by atoms with Crippen LogP contribution in [0.3, 0.4) is 0 Å². The molecule has 1 unspecified atom stereocenters. The van der Waals surface area contributed by atoms with E-state index in [0.717, 1.165) is 16.3 Å². The van der Waals surface area contributed by atoms with Crippen molar-refractivity contribution in [3.8, 4) is 0 Å². The van der Waals surface area contributed by atoms with Crippen LogP contribution in [0.1, 0.15) is 29.0 Å². The number of sulfonamides is 1. The molecule has 0 aliphatic rings. The van der Waals surface area contributed by atoms with Gasteiger partial charge in [-0.15, -0.1) is 0 Å². The number of fused-ring (bicyclic) bond motifs is 1. The van der Waals surface area contributed by atoms with Crippen LogP contribution >= 0.6 is 0 Å². The first-order valence-corrected chi connectivity index (χ1v) is 9.70. The highest BCUT2D eigenvalue weighted by Crippen LogP contribution is 2.24. The van der Waals surface area contributed by atoms with Gasteiger partial charge in [-0.3, -0.25) is 4.79 Å². The topological polar surface area (TPSA) is 80.2 Å². The van der Waals surface area contributed by atoms with Crippen LogP contribution in [0.25, 0.3) is 10.8 Å². The van der Waals surface area contributed by atoms with Crippen LogP contribution in [0, 0.1) is 0 Å². The van der Waals surface area contributed by atoms with Gasteiger partial charge >= 0.3 is 0 Å². The molecule has 0 saturated carbocycles. The average Bonchev–Trinajstić information content (AvgIpc) is 3.04. The Morgan fingerprint density at radius 3 is 2.54 bits per heavy atom. The molecule has 1 atom stereocenters. The summed E-state index contributed by atoms with van der Waals surface area (Å²) >= 11 is 0. The molecular weight excluding hydrogens is 350 g/mol. The molecule has 0 aliphatic heterocycles. The van der Waals surface area contributed by atoms with Crippen molar-refractivity contribution in [2.45, 2.75) is 17.9 Å². The van der Waals surface area contributed by atoms with Crippen molar-refractivity contribution < 1.29 is 13.2 Å². The van der Waals surface area contributed by atoms with Crippen LogP contribution < -0.4 is 10.0 Å². The Bertz CT molecular complexity index is 1070. The van der Waals surface area contributed by atoms with E-state index in [9.17, 15) is 13.2 Å². The summed E-state index contributed by atoms with van der Waals surface area (Å²) in [5.41, 5.74) is 1.29. The van der Waals surface area contributed by atoms with E-state index in [1.165, 1.54) is 23.9 Å². The number of nitrogens with one attached hydrogen (secondary N) is 2. The minimum Gasteiger partial charge on any atom is -0.345 e. The van der Waals surface area contributed by atoms with Gasteiger partial charge < -0.3 is 9.88 Å². The summed E-state index contributed by atoms with van der Waals surface area (Å²) in [5.74, 6) is -0.328. The van der Waals surface area contributed by atoms with Crippen molar-refractivity contribution in [1.82, 2.24) is 14.6 Å². The average molecular weight is 371 g/mol. The van der Waals surface area contributed by atoms with Gasteiger partial charge in [-0.05, 0) is 36.4 Å². The molecular formula is C19H21N3O3S. The molecule has 26 heavy (non-hydrogen) atoms. The SMILES string of the molecule is CNS(=O)(=O)c1cc(C(=O)NC(C)c2cccc3ccccc23)n(C)c1. The molecule has 3 aromatic rings. The highest BCUT2D eigenvalue weighted by Gasteiger charge is 2.21. The zero-order valence-electron chi connectivity index (χ0n) is 14.9. The lowest BCUT2D eigenvalue weighted by Gasteiger charge is -2.17. The molecule has 0 spiro atoms. The van der Waals surface area contributed by atoms with Crippen molar-refractivity contribution in [3.63, 3.8) is 0 Å². The molecule has 0 radical (unpaired) electrons. The number of carbonyl (C=O) groups is 1. The number of aryl methyl sites for hydroxylation is 1. The van der Waals surface area contributed by atoms with Gasteiger partial charge in [0.25, 0.3) is 5.91 Å². The fraction of sp³-hybridized carbons (Fsp3) is 0.211. The van der Waals surface area contributed by atoms with E-state index in [2.05, 4.69) is 10.0 Å². The van der Waals surface area contributed by atoms with E-state index in [0.29, 0.717) is 0 Å². The third-order valence-electron chi connectivity index (χ3n) is 4.43. The highest BCUT2D eigenvalue weighted by atomic mass is 32.2. The number of hydrogen-bond acceptors (Lipinski definition) is 3. The monoisotopic (exact) mass is 371 g/mol. The molecule has 7 heteroatoms. The van der Waals surface area contributed by atoms with Crippen molar-refractivity contribution >= 4 is 26.7 Å². The fourth-order valence-corrected chi connectivity index (χ4v) is 3.80. The first kappa shape index (κ1) is 18.2. The van der Waals surface area contributed by atoms with Crippen LogP contribution in [0.4, 0.5) is 0 Å². The number of hydrogen-bond donors (Lipinski definition) is 2. The van der Waals surface area contributed by atoms with Crippen LogP contribution in [0.15, 0.2) is 59.6 Å². The first-order valence-electron chi connectivity index (χ1n) is 8.22. The predicted octanol–water partition coefficient (Wildman–Crippen LogP) is 2.58. The molecule has 3 rings (SSSR count). The zero-order valence-corrected chi connectivity index (χ0v) is 15.7. The van der Waals surface area contributed by atoms with Gasteiger partial charge in [0.1, 0.15) is 10.6 Å². The van der Waals surface area contributed by atoms with Gasteiger partial charge in [-0.2, -0.15) is 0 Å². The Kier molecular flexibility index (Phi) is 4.84. The molecule has 0 bridgehead atoms. The summed E-state index contributed by atoms with van der Waals surface area (Å²) in [7, 11) is -0.611. The smallest absolute Gasteiger partial charge is 0.268 e. The van der Waals surface area contributed by atoms with E-state index < -0.39 is 10.0 Å². The van der Waals surface area contributed by atoms with Crippen molar-refractivity contribution in [1.29, 1.82) is 0 Å². The molecule has 2 N–H and O–H groups in total. The summed E-state index contributed by atoms with van der Waals surface area (Å²) in [5, 5.41) is 5.13. The molecule has 6 nitrogen and oxygen atoms in total. The quantitative estimate of drug-likeness (QED) is 0.723. The van der Waals surface area contributed by atoms with Gasteiger partial charge in [0, 0.05) is 13.2 Å². The Morgan fingerprint density at radius 2 is 1.81 bits per heavy atom. The van der Waals surface area contributed by atoms with E-state index >= 15 is 0 Å². The van der Waals surface area contributed by atoms with Crippen molar-refractivity contribution in [2.75, 3.05) is 7.05 Å². The maximum absolute atomic E-state index is 12.7. The second-order valence-electron chi connectivity index (χ2n) is 6.14. The Hall–Kier alpha value is -2.64. The van der Waals surface area contributed by atoms with E-state index in [4.69, 9.17) is 0 Å². The van der Waals surface area contributed by atoms with Gasteiger partial charge in [-0.25, -0.2) is 13.1 Å². The van der Waals surface area contributed by atoms with Crippen LogP contribution in [-0.2, 0) is 17.1 Å². The summed E-state index contributed by atoms with van der Waals surface area (Å²) in [6.07, 6.45) is 1.42.